The van der Waals surface area contributed by atoms with E-state index in [1.807, 2.05) is 35.2 Å². The molecule has 1 aliphatic heterocycles. The highest BCUT2D eigenvalue weighted by Gasteiger charge is 2.40. The second-order valence-corrected chi connectivity index (χ2v) is 6.06. The minimum absolute atomic E-state index is 0.220. The van der Waals surface area contributed by atoms with Gasteiger partial charge in [-0.1, -0.05) is 38.5 Å². The monoisotopic (exact) mass is 288 g/mol. The Kier molecular flexibility index (Phi) is 5.80. The Morgan fingerprint density at radius 1 is 1.29 bits per heavy atom. The standard InChI is InChI=1S/C18H28N2O/c1-3-5-14-20(16-10-7-6-8-11-16)17(21)18(4-2)12-9-13-19-15-18/h6-8,10-11,19H,3-5,9,12-15H2,1-2H3. The van der Waals surface area contributed by atoms with E-state index in [0.29, 0.717) is 5.91 Å². The molecule has 1 aromatic carbocycles. The number of unbranched alkanes of at least 4 members (excludes halogenated alkanes) is 1. The molecule has 3 heteroatoms. The van der Waals surface area contributed by atoms with Crippen molar-refractivity contribution in [2.75, 3.05) is 24.5 Å². The summed E-state index contributed by atoms with van der Waals surface area (Å²) in [6.45, 7) is 6.99. The minimum atomic E-state index is -0.220. The van der Waals surface area contributed by atoms with E-state index in [1.54, 1.807) is 0 Å². The fourth-order valence-corrected chi connectivity index (χ4v) is 3.16. The molecule has 1 N–H and O–H groups in total. The third-order valence-corrected chi connectivity index (χ3v) is 4.65. The van der Waals surface area contributed by atoms with Crippen molar-refractivity contribution in [1.82, 2.24) is 5.32 Å². The van der Waals surface area contributed by atoms with Crippen LogP contribution in [0.15, 0.2) is 30.3 Å². The molecule has 0 aromatic heterocycles. The first-order valence-corrected chi connectivity index (χ1v) is 8.31. The molecule has 1 heterocycles. The number of carbonyl (C=O) groups is 1. The maximum atomic E-state index is 13.2. The molecule has 116 valence electrons. The molecule has 1 fully saturated rings. The minimum Gasteiger partial charge on any atom is -0.316 e. The zero-order valence-electron chi connectivity index (χ0n) is 13.4. The third-order valence-electron chi connectivity index (χ3n) is 4.65. The maximum Gasteiger partial charge on any atom is 0.234 e. The Hall–Kier alpha value is -1.35. The highest BCUT2D eigenvalue weighted by molar-refractivity contribution is 5.97. The van der Waals surface area contributed by atoms with Crippen molar-refractivity contribution in [3.05, 3.63) is 30.3 Å². The summed E-state index contributed by atoms with van der Waals surface area (Å²) >= 11 is 0. The SMILES string of the molecule is CCCCN(C(=O)C1(CC)CCCNC1)c1ccccc1. The van der Waals surface area contributed by atoms with Gasteiger partial charge >= 0.3 is 0 Å². The summed E-state index contributed by atoms with van der Waals surface area (Å²) in [7, 11) is 0. The van der Waals surface area contributed by atoms with Crippen LogP contribution < -0.4 is 10.2 Å². The number of anilines is 1. The lowest BCUT2D eigenvalue weighted by Crippen LogP contribution is -2.52. The van der Waals surface area contributed by atoms with Gasteiger partial charge in [-0.2, -0.15) is 0 Å². The van der Waals surface area contributed by atoms with Gasteiger partial charge in [0.2, 0.25) is 5.91 Å². The van der Waals surface area contributed by atoms with E-state index in [4.69, 9.17) is 0 Å². The summed E-state index contributed by atoms with van der Waals surface area (Å²) in [5, 5.41) is 3.42. The molecular weight excluding hydrogens is 260 g/mol. The summed E-state index contributed by atoms with van der Waals surface area (Å²) in [5.74, 6) is 0.303. The highest BCUT2D eigenvalue weighted by atomic mass is 16.2. The largest absolute Gasteiger partial charge is 0.316 e. The second-order valence-electron chi connectivity index (χ2n) is 6.06. The van der Waals surface area contributed by atoms with Gasteiger partial charge in [0, 0.05) is 18.8 Å². The molecule has 0 spiro atoms. The summed E-state index contributed by atoms with van der Waals surface area (Å²) in [6, 6.07) is 10.1. The lowest BCUT2D eigenvalue weighted by atomic mass is 9.77. The van der Waals surface area contributed by atoms with Crippen molar-refractivity contribution >= 4 is 11.6 Å². The zero-order chi connectivity index (χ0) is 15.1. The van der Waals surface area contributed by atoms with Gasteiger partial charge in [0.25, 0.3) is 0 Å². The van der Waals surface area contributed by atoms with Crippen molar-refractivity contribution in [2.24, 2.45) is 5.41 Å². The van der Waals surface area contributed by atoms with Gasteiger partial charge in [-0.25, -0.2) is 0 Å². The number of amides is 1. The first kappa shape index (κ1) is 16.0. The van der Waals surface area contributed by atoms with Gasteiger partial charge in [-0.3, -0.25) is 4.79 Å². The van der Waals surface area contributed by atoms with Gasteiger partial charge < -0.3 is 10.2 Å². The molecule has 1 amide bonds. The fraction of sp³-hybridized carbons (Fsp3) is 0.611. The van der Waals surface area contributed by atoms with E-state index in [2.05, 4.69) is 19.2 Å². The number of hydrogen-bond donors (Lipinski definition) is 1. The molecule has 1 aromatic rings. The molecule has 21 heavy (non-hydrogen) atoms. The van der Waals surface area contributed by atoms with Crippen LogP contribution in [-0.4, -0.2) is 25.5 Å². The van der Waals surface area contributed by atoms with Crippen LogP contribution in [-0.2, 0) is 4.79 Å². The first-order valence-electron chi connectivity index (χ1n) is 8.31. The first-order chi connectivity index (χ1) is 10.2. The van der Waals surface area contributed by atoms with E-state index in [9.17, 15) is 4.79 Å². The van der Waals surface area contributed by atoms with E-state index in [1.165, 1.54) is 0 Å². The topological polar surface area (TPSA) is 32.3 Å². The Balaban J connectivity index is 2.24. The smallest absolute Gasteiger partial charge is 0.234 e. The highest BCUT2D eigenvalue weighted by Crippen LogP contribution is 2.34. The lowest BCUT2D eigenvalue weighted by Gasteiger charge is -2.39. The van der Waals surface area contributed by atoms with Crippen LogP contribution in [0.2, 0.25) is 0 Å². The van der Waals surface area contributed by atoms with Gasteiger partial charge in [0.15, 0.2) is 0 Å². The van der Waals surface area contributed by atoms with Crippen LogP contribution in [0.1, 0.15) is 46.0 Å². The van der Waals surface area contributed by atoms with Crippen molar-refractivity contribution in [3.63, 3.8) is 0 Å². The van der Waals surface area contributed by atoms with Gasteiger partial charge in [0.05, 0.1) is 5.41 Å². The predicted octanol–water partition coefficient (Wildman–Crippen LogP) is 3.60. The van der Waals surface area contributed by atoms with E-state index >= 15 is 0 Å². The quantitative estimate of drug-likeness (QED) is 0.867. The van der Waals surface area contributed by atoms with Crippen molar-refractivity contribution in [3.8, 4) is 0 Å². The number of nitrogens with zero attached hydrogens (tertiary/aromatic N) is 1. The summed E-state index contributed by atoms with van der Waals surface area (Å²) in [4.78, 5) is 15.3. The van der Waals surface area contributed by atoms with Crippen LogP contribution in [0.5, 0.6) is 0 Å². The normalized spacial score (nSPS) is 22.0. The molecule has 1 atom stereocenters. The lowest BCUT2D eigenvalue weighted by molar-refractivity contribution is -0.129. The van der Waals surface area contributed by atoms with Gasteiger partial charge in [0.1, 0.15) is 0 Å². The molecule has 1 aliphatic rings. The Bertz CT molecular complexity index is 438. The molecule has 0 bridgehead atoms. The molecule has 2 rings (SSSR count). The molecule has 1 saturated heterocycles. The molecule has 3 nitrogen and oxygen atoms in total. The summed E-state index contributed by atoms with van der Waals surface area (Å²) in [6.07, 6.45) is 5.16. The average Bonchev–Trinajstić information content (AvgIpc) is 2.56. The number of piperidine rings is 1. The van der Waals surface area contributed by atoms with Crippen LogP contribution in [0, 0.1) is 5.41 Å². The van der Waals surface area contributed by atoms with E-state index in [0.717, 1.165) is 57.4 Å². The van der Waals surface area contributed by atoms with Crippen LogP contribution in [0.3, 0.4) is 0 Å². The number of hydrogen-bond acceptors (Lipinski definition) is 2. The summed E-state index contributed by atoms with van der Waals surface area (Å²) < 4.78 is 0. The number of benzene rings is 1. The van der Waals surface area contributed by atoms with Crippen LogP contribution >= 0.6 is 0 Å². The Labute approximate surface area is 128 Å². The van der Waals surface area contributed by atoms with Crippen molar-refractivity contribution in [1.29, 1.82) is 0 Å². The van der Waals surface area contributed by atoms with Gasteiger partial charge in [-0.15, -0.1) is 0 Å². The third kappa shape index (κ3) is 3.65. The maximum absolute atomic E-state index is 13.2. The second kappa shape index (κ2) is 7.60. The molecular formula is C18H28N2O. The van der Waals surface area contributed by atoms with Crippen LogP contribution in [0.4, 0.5) is 5.69 Å². The number of nitrogens with one attached hydrogen (secondary N) is 1. The number of para-hydroxylation sites is 1. The zero-order valence-corrected chi connectivity index (χ0v) is 13.4. The fourth-order valence-electron chi connectivity index (χ4n) is 3.16. The van der Waals surface area contributed by atoms with E-state index in [-0.39, 0.29) is 5.41 Å². The number of carbonyl (C=O) groups excluding carboxylic acids is 1. The molecule has 1 unspecified atom stereocenters. The van der Waals surface area contributed by atoms with Crippen molar-refractivity contribution < 1.29 is 4.79 Å². The Morgan fingerprint density at radius 3 is 2.62 bits per heavy atom. The molecule has 0 saturated carbocycles. The van der Waals surface area contributed by atoms with Crippen LogP contribution in [0.25, 0.3) is 0 Å². The molecule has 0 aliphatic carbocycles. The van der Waals surface area contributed by atoms with Gasteiger partial charge in [-0.05, 0) is 44.4 Å². The summed E-state index contributed by atoms with van der Waals surface area (Å²) in [5.41, 5.74) is 0.816. The predicted molar refractivity (Wildman–Crippen MR) is 88.5 cm³/mol. The van der Waals surface area contributed by atoms with E-state index < -0.39 is 0 Å². The number of rotatable bonds is 6. The van der Waals surface area contributed by atoms with Crippen molar-refractivity contribution in [2.45, 2.75) is 46.0 Å². The molecule has 0 radical (unpaired) electrons. The average molecular weight is 288 g/mol. The Morgan fingerprint density at radius 2 is 2.05 bits per heavy atom.